The number of hydrogen-bond donors (Lipinski definition) is 2. The number of sulfonamides is 1. The van der Waals surface area contributed by atoms with Gasteiger partial charge in [-0.1, -0.05) is 60.7 Å². The number of ether oxygens (including phenoxy) is 1. The second-order valence-corrected chi connectivity index (χ2v) is 9.07. The van der Waals surface area contributed by atoms with Crippen molar-refractivity contribution in [1.29, 1.82) is 0 Å². The quantitative estimate of drug-likeness (QED) is 0.416. The third-order valence-corrected chi connectivity index (χ3v) is 6.65. The van der Waals surface area contributed by atoms with Gasteiger partial charge in [0.25, 0.3) is 0 Å². The molecule has 0 spiro atoms. The molecule has 0 saturated carbocycles. The molecule has 4 aromatic rings. The van der Waals surface area contributed by atoms with Gasteiger partial charge in [0, 0.05) is 11.6 Å². The van der Waals surface area contributed by atoms with Gasteiger partial charge in [-0.15, -0.1) is 0 Å². The highest BCUT2D eigenvalue weighted by Gasteiger charge is 2.28. The molecule has 168 valence electrons. The van der Waals surface area contributed by atoms with Crippen LogP contribution in [0.15, 0.2) is 96.0 Å². The molecule has 1 heterocycles. The second kappa shape index (κ2) is 9.81. The van der Waals surface area contributed by atoms with Gasteiger partial charge in [0.05, 0.1) is 18.3 Å². The number of para-hydroxylation sites is 3. The number of rotatable bonds is 8. The molecule has 33 heavy (non-hydrogen) atoms. The van der Waals surface area contributed by atoms with Gasteiger partial charge in [-0.05, 0) is 36.2 Å². The van der Waals surface area contributed by atoms with Crippen molar-refractivity contribution in [3.05, 3.63) is 96.7 Å². The lowest BCUT2D eigenvalue weighted by Gasteiger charge is -2.20. The van der Waals surface area contributed by atoms with Crippen LogP contribution < -0.4 is 14.8 Å². The number of carbonyl (C=O) groups excluding carboxylic acids is 1. The van der Waals surface area contributed by atoms with Gasteiger partial charge in [-0.2, -0.15) is 4.72 Å². The Labute approximate surface area is 192 Å². The van der Waals surface area contributed by atoms with E-state index in [1.807, 2.05) is 30.3 Å². The fourth-order valence-corrected chi connectivity index (χ4v) is 4.92. The molecular weight excluding hydrogens is 438 g/mol. The Hall–Kier alpha value is -3.75. The van der Waals surface area contributed by atoms with Gasteiger partial charge in [0.15, 0.2) is 0 Å². The summed E-state index contributed by atoms with van der Waals surface area (Å²) in [6, 6.07) is 23.6. The topological polar surface area (TPSA) is 97.4 Å². The Kier molecular flexibility index (Phi) is 6.67. The number of amides is 1. The molecule has 4 rings (SSSR count). The first kappa shape index (κ1) is 22.4. The van der Waals surface area contributed by atoms with Crippen molar-refractivity contribution in [1.82, 2.24) is 9.71 Å². The van der Waals surface area contributed by atoms with E-state index in [0.717, 1.165) is 5.56 Å². The molecular formula is C25H23N3O4S. The number of nitrogens with one attached hydrogen (secondary N) is 2. The molecule has 1 amide bonds. The Morgan fingerprint density at radius 1 is 0.939 bits per heavy atom. The van der Waals surface area contributed by atoms with Crippen LogP contribution in [-0.2, 0) is 21.2 Å². The number of pyridine rings is 1. The highest BCUT2D eigenvalue weighted by Crippen LogP contribution is 2.24. The maximum Gasteiger partial charge on any atom is 0.243 e. The smallest absolute Gasteiger partial charge is 0.243 e. The zero-order chi connectivity index (χ0) is 23.3. The summed E-state index contributed by atoms with van der Waals surface area (Å²) in [5, 5.41) is 3.48. The van der Waals surface area contributed by atoms with E-state index in [1.54, 1.807) is 48.5 Å². The van der Waals surface area contributed by atoms with Crippen molar-refractivity contribution in [3.63, 3.8) is 0 Å². The zero-order valence-electron chi connectivity index (χ0n) is 17.9. The Morgan fingerprint density at radius 2 is 1.67 bits per heavy atom. The standard InChI is InChI=1S/C25H23N3O4S/c1-32-22-14-6-5-13-20(22)27-25(29)21(17-18-9-3-2-4-10-18)28-33(30,31)23-15-7-11-19-12-8-16-26-24(19)23/h2-16,21,28H,17H2,1H3,(H,27,29)/t21-/m1/s1. The molecule has 0 aliphatic carbocycles. The van der Waals surface area contributed by atoms with Gasteiger partial charge in [0.1, 0.15) is 16.7 Å². The fourth-order valence-electron chi connectivity index (χ4n) is 3.55. The van der Waals surface area contributed by atoms with Gasteiger partial charge >= 0.3 is 0 Å². The first-order valence-corrected chi connectivity index (χ1v) is 11.8. The highest BCUT2D eigenvalue weighted by atomic mass is 32.2. The maximum atomic E-state index is 13.4. The van der Waals surface area contributed by atoms with E-state index in [-0.39, 0.29) is 11.3 Å². The minimum atomic E-state index is -4.06. The monoisotopic (exact) mass is 461 g/mol. The molecule has 1 atom stereocenters. The number of benzene rings is 3. The minimum Gasteiger partial charge on any atom is -0.495 e. The molecule has 8 heteroatoms. The zero-order valence-corrected chi connectivity index (χ0v) is 18.7. The molecule has 0 unspecified atom stereocenters. The average Bonchev–Trinajstić information content (AvgIpc) is 2.84. The normalized spacial score (nSPS) is 12.3. The van der Waals surface area contributed by atoms with Crippen molar-refractivity contribution < 1.29 is 17.9 Å². The summed E-state index contributed by atoms with van der Waals surface area (Å²) in [6.07, 6.45) is 1.70. The van der Waals surface area contributed by atoms with Crippen molar-refractivity contribution in [2.45, 2.75) is 17.4 Å². The number of aromatic nitrogens is 1. The summed E-state index contributed by atoms with van der Waals surface area (Å²) in [6.45, 7) is 0. The Balaban J connectivity index is 1.67. The summed E-state index contributed by atoms with van der Waals surface area (Å²) >= 11 is 0. The lowest BCUT2D eigenvalue weighted by Crippen LogP contribution is -2.45. The van der Waals surface area contributed by atoms with Gasteiger partial charge in [-0.3, -0.25) is 9.78 Å². The van der Waals surface area contributed by atoms with Crippen molar-refractivity contribution in [3.8, 4) is 5.75 Å². The molecule has 0 bridgehead atoms. The van der Waals surface area contributed by atoms with E-state index in [0.29, 0.717) is 22.3 Å². The number of fused-ring (bicyclic) bond motifs is 1. The maximum absolute atomic E-state index is 13.4. The summed E-state index contributed by atoms with van der Waals surface area (Å²) in [5.74, 6) is -0.0226. The Morgan fingerprint density at radius 3 is 2.45 bits per heavy atom. The summed E-state index contributed by atoms with van der Waals surface area (Å²) in [7, 11) is -2.56. The number of nitrogens with zero attached hydrogens (tertiary/aromatic N) is 1. The predicted molar refractivity (Wildman–Crippen MR) is 128 cm³/mol. The van der Waals surface area contributed by atoms with Crippen LogP contribution >= 0.6 is 0 Å². The molecule has 2 N–H and O–H groups in total. The van der Waals surface area contributed by atoms with Gasteiger partial charge < -0.3 is 10.1 Å². The molecule has 3 aromatic carbocycles. The lowest BCUT2D eigenvalue weighted by atomic mass is 10.1. The first-order chi connectivity index (χ1) is 16.0. The Bertz CT molecular complexity index is 1370. The number of carbonyl (C=O) groups is 1. The van der Waals surface area contributed by atoms with Crippen molar-refractivity contribution in [2.24, 2.45) is 0 Å². The SMILES string of the molecule is COc1ccccc1NC(=O)[C@@H](Cc1ccccc1)NS(=O)(=O)c1cccc2cccnc12. The third-order valence-electron chi connectivity index (χ3n) is 5.15. The van der Waals surface area contributed by atoms with Gasteiger partial charge in [0.2, 0.25) is 15.9 Å². The molecule has 1 aromatic heterocycles. The largest absolute Gasteiger partial charge is 0.495 e. The first-order valence-electron chi connectivity index (χ1n) is 10.3. The molecule has 0 saturated heterocycles. The highest BCUT2D eigenvalue weighted by molar-refractivity contribution is 7.89. The molecule has 0 aliphatic heterocycles. The average molecular weight is 462 g/mol. The van der Waals surface area contributed by atoms with Crippen molar-refractivity contribution in [2.75, 3.05) is 12.4 Å². The van der Waals surface area contributed by atoms with Crippen LogP contribution in [0.1, 0.15) is 5.56 Å². The lowest BCUT2D eigenvalue weighted by molar-refractivity contribution is -0.117. The second-order valence-electron chi connectivity index (χ2n) is 7.38. The molecule has 0 radical (unpaired) electrons. The molecule has 0 aliphatic rings. The summed E-state index contributed by atoms with van der Waals surface area (Å²) < 4.78 is 34.6. The van der Waals surface area contributed by atoms with Crippen LogP contribution in [0.4, 0.5) is 5.69 Å². The van der Waals surface area contributed by atoms with Crippen molar-refractivity contribution >= 4 is 32.5 Å². The van der Waals surface area contributed by atoms with E-state index >= 15 is 0 Å². The van der Waals surface area contributed by atoms with E-state index in [2.05, 4.69) is 15.0 Å². The minimum absolute atomic E-state index is 0.0174. The van der Waals surface area contributed by atoms with E-state index in [9.17, 15) is 13.2 Å². The van der Waals surface area contributed by atoms with Crippen LogP contribution in [0.25, 0.3) is 10.9 Å². The third kappa shape index (κ3) is 5.19. The van der Waals surface area contributed by atoms with Crippen LogP contribution in [-0.4, -0.2) is 32.5 Å². The van der Waals surface area contributed by atoms with E-state index < -0.39 is 22.0 Å². The van der Waals surface area contributed by atoms with E-state index in [4.69, 9.17) is 4.74 Å². The van der Waals surface area contributed by atoms with Crippen LogP contribution in [0.2, 0.25) is 0 Å². The number of methoxy groups -OCH3 is 1. The molecule has 0 fully saturated rings. The van der Waals surface area contributed by atoms with Gasteiger partial charge in [-0.25, -0.2) is 8.42 Å². The predicted octanol–water partition coefficient (Wildman–Crippen LogP) is 3.77. The van der Waals surface area contributed by atoms with E-state index in [1.165, 1.54) is 19.4 Å². The summed E-state index contributed by atoms with van der Waals surface area (Å²) in [4.78, 5) is 17.5. The van der Waals surface area contributed by atoms with Crippen LogP contribution in [0.5, 0.6) is 5.75 Å². The summed E-state index contributed by atoms with van der Waals surface area (Å²) in [5.41, 5.74) is 1.61. The number of anilines is 1. The number of hydrogen-bond acceptors (Lipinski definition) is 5. The molecule has 7 nitrogen and oxygen atoms in total. The fraction of sp³-hybridized carbons (Fsp3) is 0.120. The van der Waals surface area contributed by atoms with Crippen LogP contribution in [0, 0.1) is 0 Å². The van der Waals surface area contributed by atoms with Crippen LogP contribution in [0.3, 0.4) is 0 Å².